The molecule has 0 aliphatic rings. The fourth-order valence-electron chi connectivity index (χ4n) is 2.07. The van der Waals surface area contributed by atoms with Gasteiger partial charge in [-0.2, -0.15) is 0 Å². The van der Waals surface area contributed by atoms with Gasteiger partial charge in [0.05, 0.1) is 12.3 Å². The van der Waals surface area contributed by atoms with Crippen molar-refractivity contribution in [1.29, 1.82) is 0 Å². The molecule has 1 amide bonds. The summed E-state index contributed by atoms with van der Waals surface area (Å²) in [7, 11) is -3.69. The number of hydrogen-bond acceptors (Lipinski definition) is 3. The molecule has 128 valence electrons. The van der Waals surface area contributed by atoms with Crippen LogP contribution >= 0.6 is 23.2 Å². The molecule has 8 heteroatoms. The molecule has 0 atom stereocenters. The molecular weight excluding hydrogens is 371 g/mol. The van der Waals surface area contributed by atoms with Crippen LogP contribution in [0.2, 0.25) is 10.0 Å². The average molecular weight is 387 g/mol. The van der Waals surface area contributed by atoms with Crippen LogP contribution in [-0.2, 0) is 20.6 Å². The van der Waals surface area contributed by atoms with Gasteiger partial charge in [0, 0.05) is 15.7 Å². The maximum atomic E-state index is 12.1. The quantitative estimate of drug-likeness (QED) is 0.798. The second-order valence-electron chi connectivity index (χ2n) is 5.28. The summed E-state index contributed by atoms with van der Waals surface area (Å²) in [5.41, 5.74) is 2.05. The summed E-state index contributed by atoms with van der Waals surface area (Å²) < 4.78 is 26.4. The van der Waals surface area contributed by atoms with E-state index >= 15 is 0 Å². The van der Waals surface area contributed by atoms with Gasteiger partial charge < -0.3 is 5.32 Å². The predicted molar refractivity (Wildman–Crippen MR) is 96.9 cm³/mol. The summed E-state index contributed by atoms with van der Waals surface area (Å²) in [6.45, 7) is 1.54. The molecule has 2 N–H and O–H groups in total. The van der Waals surface area contributed by atoms with Crippen LogP contribution in [0.15, 0.2) is 42.5 Å². The maximum Gasteiger partial charge on any atom is 0.239 e. The standard InChI is InChI=1S/C16H16Cl2N2O3S/c1-11-3-2-4-15(5-11)20-16(21)9-19-24(22,23)10-12-6-13(17)8-14(18)7-12/h2-8,19H,9-10H2,1H3,(H,20,21). The number of anilines is 1. The first-order valence-electron chi connectivity index (χ1n) is 7.02. The first kappa shape index (κ1) is 18.7. The van der Waals surface area contributed by atoms with Crippen LogP contribution in [0.3, 0.4) is 0 Å². The van der Waals surface area contributed by atoms with Gasteiger partial charge in [0.1, 0.15) is 0 Å². The molecule has 2 aromatic carbocycles. The summed E-state index contributed by atoms with van der Waals surface area (Å²) in [6, 6.07) is 11.8. The van der Waals surface area contributed by atoms with Crippen molar-refractivity contribution in [2.75, 3.05) is 11.9 Å². The highest BCUT2D eigenvalue weighted by Gasteiger charge is 2.14. The Morgan fingerprint density at radius 2 is 1.75 bits per heavy atom. The SMILES string of the molecule is Cc1cccc(NC(=O)CNS(=O)(=O)Cc2cc(Cl)cc(Cl)c2)c1. The lowest BCUT2D eigenvalue weighted by Crippen LogP contribution is -2.33. The van der Waals surface area contributed by atoms with Crippen LogP contribution in [0.5, 0.6) is 0 Å². The Bertz CT molecular complexity index is 834. The van der Waals surface area contributed by atoms with Gasteiger partial charge in [-0.1, -0.05) is 35.3 Å². The van der Waals surface area contributed by atoms with Gasteiger partial charge >= 0.3 is 0 Å². The second-order valence-corrected chi connectivity index (χ2v) is 7.96. The van der Waals surface area contributed by atoms with Crippen molar-refractivity contribution in [2.45, 2.75) is 12.7 Å². The monoisotopic (exact) mass is 386 g/mol. The Labute approximate surface area is 151 Å². The fraction of sp³-hybridized carbons (Fsp3) is 0.188. The molecule has 0 aromatic heterocycles. The first-order chi connectivity index (χ1) is 11.2. The normalized spacial score (nSPS) is 11.3. The third-order valence-corrected chi connectivity index (χ3v) is 4.77. The van der Waals surface area contributed by atoms with E-state index < -0.39 is 15.9 Å². The van der Waals surface area contributed by atoms with E-state index in [0.717, 1.165) is 5.56 Å². The molecule has 0 unspecified atom stereocenters. The van der Waals surface area contributed by atoms with Crippen molar-refractivity contribution in [3.8, 4) is 0 Å². The molecule has 0 aliphatic carbocycles. The Morgan fingerprint density at radius 1 is 1.08 bits per heavy atom. The summed E-state index contributed by atoms with van der Waals surface area (Å²) >= 11 is 11.7. The van der Waals surface area contributed by atoms with Crippen molar-refractivity contribution < 1.29 is 13.2 Å². The number of aryl methyl sites for hydroxylation is 1. The van der Waals surface area contributed by atoms with E-state index in [9.17, 15) is 13.2 Å². The molecule has 0 heterocycles. The number of rotatable bonds is 6. The lowest BCUT2D eigenvalue weighted by atomic mass is 10.2. The molecule has 0 radical (unpaired) electrons. The predicted octanol–water partition coefficient (Wildman–Crippen LogP) is 3.36. The van der Waals surface area contributed by atoms with Gasteiger partial charge in [0.25, 0.3) is 0 Å². The van der Waals surface area contributed by atoms with Crippen LogP contribution < -0.4 is 10.0 Å². The number of nitrogens with one attached hydrogen (secondary N) is 2. The summed E-state index contributed by atoms with van der Waals surface area (Å²) in [6.07, 6.45) is 0. The molecule has 0 fully saturated rings. The maximum absolute atomic E-state index is 12.1. The zero-order valence-corrected chi connectivity index (χ0v) is 15.2. The number of hydrogen-bond donors (Lipinski definition) is 2. The number of carbonyl (C=O) groups is 1. The van der Waals surface area contributed by atoms with Gasteiger partial charge in [0.2, 0.25) is 15.9 Å². The van der Waals surface area contributed by atoms with Crippen LogP contribution in [-0.4, -0.2) is 20.9 Å². The highest BCUT2D eigenvalue weighted by Crippen LogP contribution is 2.20. The minimum atomic E-state index is -3.69. The average Bonchev–Trinajstić information content (AvgIpc) is 2.43. The van der Waals surface area contributed by atoms with Gasteiger partial charge in [0.15, 0.2) is 0 Å². The van der Waals surface area contributed by atoms with Gasteiger partial charge in [-0.25, -0.2) is 13.1 Å². The van der Waals surface area contributed by atoms with E-state index in [-0.39, 0.29) is 12.3 Å². The lowest BCUT2D eigenvalue weighted by molar-refractivity contribution is -0.115. The van der Waals surface area contributed by atoms with Crippen molar-refractivity contribution in [3.05, 3.63) is 63.6 Å². The Balaban J connectivity index is 1.93. The van der Waals surface area contributed by atoms with Crippen LogP contribution in [0.1, 0.15) is 11.1 Å². The van der Waals surface area contributed by atoms with Gasteiger partial charge in [-0.3, -0.25) is 4.79 Å². The fourth-order valence-corrected chi connectivity index (χ4v) is 3.70. The largest absolute Gasteiger partial charge is 0.325 e. The Hall–Kier alpha value is -1.60. The van der Waals surface area contributed by atoms with E-state index in [1.54, 1.807) is 18.2 Å². The Morgan fingerprint density at radius 3 is 2.38 bits per heavy atom. The van der Waals surface area contributed by atoms with E-state index in [2.05, 4.69) is 10.0 Å². The molecule has 2 rings (SSSR count). The van der Waals surface area contributed by atoms with Gasteiger partial charge in [-0.15, -0.1) is 0 Å². The number of sulfonamides is 1. The third kappa shape index (κ3) is 6.13. The topological polar surface area (TPSA) is 75.3 Å². The zero-order valence-electron chi connectivity index (χ0n) is 12.8. The molecule has 0 aliphatic heterocycles. The first-order valence-corrected chi connectivity index (χ1v) is 9.43. The summed E-state index contributed by atoms with van der Waals surface area (Å²) in [5, 5.41) is 3.33. The molecule has 2 aromatic rings. The van der Waals surface area contributed by atoms with Crippen molar-refractivity contribution in [3.63, 3.8) is 0 Å². The highest BCUT2D eigenvalue weighted by atomic mass is 35.5. The Kier molecular flexibility index (Phi) is 6.23. The number of amides is 1. The minimum Gasteiger partial charge on any atom is -0.325 e. The molecule has 24 heavy (non-hydrogen) atoms. The smallest absolute Gasteiger partial charge is 0.239 e. The zero-order chi connectivity index (χ0) is 17.7. The van der Waals surface area contributed by atoms with Gasteiger partial charge in [-0.05, 0) is 48.4 Å². The molecule has 0 saturated heterocycles. The summed E-state index contributed by atoms with van der Waals surface area (Å²) in [5.74, 6) is -0.765. The van der Waals surface area contributed by atoms with Crippen molar-refractivity contribution in [1.82, 2.24) is 4.72 Å². The second kappa shape index (κ2) is 7.98. The number of benzene rings is 2. The van der Waals surface area contributed by atoms with Crippen LogP contribution in [0.4, 0.5) is 5.69 Å². The van der Waals surface area contributed by atoms with E-state index in [0.29, 0.717) is 21.3 Å². The van der Waals surface area contributed by atoms with Crippen LogP contribution in [0, 0.1) is 6.92 Å². The molecular formula is C16H16Cl2N2O3S. The molecule has 0 bridgehead atoms. The van der Waals surface area contributed by atoms with Crippen molar-refractivity contribution in [2.24, 2.45) is 0 Å². The summed E-state index contributed by atoms with van der Waals surface area (Å²) in [4.78, 5) is 11.9. The molecule has 0 spiro atoms. The number of halogens is 2. The minimum absolute atomic E-state index is 0.314. The van der Waals surface area contributed by atoms with E-state index in [4.69, 9.17) is 23.2 Å². The third-order valence-electron chi connectivity index (χ3n) is 3.03. The molecule has 0 saturated carbocycles. The number of carbonyl (C=O) groups excluding carboxylic acids is 1. The lowest BCUT2D eigenvalue weighted by Gasteiger charge is -2.09. The highest BCUT2D eigenvalue weighted by molar-refractivity contribution is 7.88. The van der Waals surface area contributed by atoms with E-state index in [1.807, 2.05) is 13.0 Å². The van der Waals surface area contributed by atoms with Crippen molar-refractivity contribution >= 4 is 44.8 Å². The molecule has 5 nitrogen and oxygen atoms in total. The van der Waals surface area contributed by atoms with E-state index in [1.165, 1.54) is 18.2 Å². The van der Waals surface area contributed by atoms with Crippen LogP contribution in [0.25, 0.3) is 0 Å².